The highest BCUT2D eigenvalue weighted by Crippen LogP contribution is 2.50. The van der Waals surface area contributed by atoms with Crippen molar-refractivity contribution >= 4 is 23.2 Å². The minimum atomic E-state index is -0.397. The molecule has 9 heteroatoms. The first-order valence-corrected chi connectivity index (χ1v) is 10.1. The summed E-state index contributed by atoms with van der Waals surface area (Å²) in [6.07, 6.45) is 1.45. The van der Waals surface area contributed by atoms with Crippen molar-refractivity contribution in [2.45, 2.75) is 45.1 Å². The summed E-state index contributed by atoms with van der Waals surface area (Å²) in [6.45, 7) is 6.83. The fourth-order valence-electron chi connectivity index (χ4n) is 4.43. The molecule has 2 amide bonds. The predicted octanol–water partition coefficient (Wildman–Crippen LogP) is 1.78. The molecule has 1 N–H and O–H groups in total. The fraction of sp³-hybridized carbons (Fsp3) is 0.611. The van der Waals surface area contributed by atoms with Gasteiger partial charge in [0.2, 0.25) is 11.8 Å². The maximum atomic E-state index is 12.6. The lowest BCUT2D eigenvalue weighted by molar-refractivity contribution is -0.133. The Labute approximate surface area is 161 Å². The van der Waals surface area contributed by atoms with Crippen molar-refractivity contribution in [3.63, 3.8) is 0 Å². The zero-order valence-corrected chi connectivity index (χ0v) is 16.5. The molecular weight excluding hydrogens is 366 g/mol. The molecule has 2 aromatic heterocycles. The standard InChI is InChI=1S/C18H23N5O3S/c1-10(2)16(25)23-6-12-4-13(21-15(24)14-7-27-9-19-14)5-18(12,8-23)17-20-11(3)22-26-17/h7,9-10,12-13H,4-6,8H2,1-3H3,(H,21,24)/t12-,13+,18-/m0/s1. The summed E-state index contributed by atoms with van der Waals surface area (Å²) < 4.78 is 5.54. The molecule has 144 valence electrons. The van der Waals surface area contributed by atoms with Crippen molar-refractivity contribution in [3.05, 3.63) is 28.3 Å². The van der Waals surface area contributed by atoms with Gasteiger partial charge >= 0.3 is 0 Å². The lowest BCUT2D eigenvalue weighted by atomic mass is 9.80. The van der Waals surface area contributed by atoms with Crippen molar-refractivity contribution in [3.8, 4) is 0 Å². The van der Waals surface area contributed by atoms with E-state index in [0.29, 0.717) is 36.9 Å². The first-order valence-electron chi connectivity index (χ1n) is 9.17. The van der Waals surface area contributed by atoms with Crippen LogP contribution in [0.15, 0.2) is 15.4 Å². The van der Waals surface area contributed by atoms with E-state index in [4.69, 9.17) is 4.52 Å². The monoisotopic (exact) mass is 389 g/mol. The highest BCUT2D eigenvalue weighted by atomic mass is 32.1. The summed E-state index contributed by atoms with van der Waals surface area (Å²) in [4.78, 5) is 35.4. The number of hydrogen-bond donors (Lipinski definition) is 1. The van der Waals surface area contributed by atoms with Crippen LogP contribution < -0.4 is 5.32 Å². The van der Waals surface area contributed by atoms with E-state index < -0.39 is 5.41 Å². The third-order valence-corrected chi connectivity index (χ3v) is 6.22. The molecule has 2 fully saturated rings. The highest BCUT2D eigenvalue weighted by Gasteiger charge is 2.58. The molecule has 2 aromatic rings. The molecule has 2 aliphatic rings. The van der Waals surface area contributed by atoms with Crippen LogP contribution in [0, 0.1) is 18.8 Å². The van der Waals surface area contributed by atoms with Gasteiger partial charge in [0.25, 0.3) is 5.91 Å². The number of nitrogens with one attached hydrogen (secondary N) is 1. The number of fused-ring (bicyclic) bond motifs is 1. The third-order valence-electron chi connectivity index (χ3n) is 5.63. The van der Waals surface area contributed by atoms with E-state index in [-0.39, 0.29) is 29.7 Å². The molecule has 0 radical (unpaired) electrons. The molecule has 27 heavy (non-hydrogen) atoms. The first kappa shape index (κ1) is 18.1. The van der Waals surface area contributed by atoms with Crippen LogP contribution in [0.25, 0.3) is 0 Å². The zero-order valence-electron chi connectivity index (χ0n) is 15.6. The summed E-state index contributed by atoms with van der Waals surface area (Å²) in [7, 11) is 0. The number of carbonyl (C=O) groups excluding carboxylic acids is 2. The Balaban J connectivity index is 1.57. The third kappa shape index (κ3) is 3.13. The number of amides is 2. The number of carbonyl (C=O) groups is 2. The molecule has 1 saturated carbocycles. The second-order valence-corrected chi connectivity index (χ2v) is 8.58. The van der Waals surface area contributed by atoms with Crippen LogP contribution in [0.1, 0.15) is 48.9 Å². The molecule has 0 spiro atoms. The van der Waals surface area contributed by atoms with Gasteiger partial charge in [0.15, 0.2) is 5.82 Å². The van der Waals surface area contributed by atoms with Crippen molar-refractivity contribution in [2.24, 2.45) is 11.8 Å². The van der Waals surface area contributed by atoms with E-state index in [1.807, 2.05) is 18.7 Å². The van der Waals surface area contributed by atoms with Crippen LogP contribution >= 0.6 is 11.3 Å². The average molecular weight is 389 g/mol. The topological polar surface area (TPSA) is 101 Å². The Morgan fingerprint density at radius 3 is 2.89 bits per heavy atom. The number of nitrogens with zero attached hydrogens (tertiary/aromatic N) is 4. The van der Waals surface area contributed by atoms with E-state index in [2.05, 4.69) is 20.4 Å². The minimum absolute atomic E-state index is 0.00675. The number of hydrogen-bond acceptors (Lipinski definition) is 7. The van der Waals surface area contributed by atoms with Crippen LogP contribution in [0.4, 0.5) is 0 Å². The number of thiazole rings is 1. The Morgan fingerprint density at radius 1 is 1.44 bits per heavy atom. The minimum Gasteiger partial charge on any atom is -0.348 e. The first-order chi connectivity index (χ1) is 12.9. The quantitative estimate of drug-likeness (QED) is 0.855. The normalized spacial score (nSPS) is 27.2. The number of aryl methyl sites for hydroxylation is 1. The molecule has 1 aliphatic carbocycles. The maximum Gasteiger partial charge on any atom is 0.270 e. The average Bonchev–Trinajstić information content (AvgIpc) is 3.36. The highest BCUT2D eigenvalue weighted by molar-refractivity contribution is 7.07. The van der Waals surface area contributed by atoms with Crippen LogP contribution in [0.2, 0.25) is 0 Å². The zero-order chi connectivity index (χ0) is 19.2. The van der Waals surface area contributed by atoms with Crippen molar-refractivity contribution in [2.75, 3.05) is 13.1 Å². The molecule has 3 heterocycles. The van der Waals surface area contributed by atoms with Gasteiger partial charge in [0, 0.05) is 30.4 Å². The largest absolute Gasteiger partial charge is 0.348 e. The molecular formula is C18H23N5O3S. The van der Waals surface area contributed by atoms with Gasteiger partial charge in [-0.2, -0.15) is 4.98 Å². The summed E-state index contributed by atoms with van der Waals surface area (Å²) in [6, 6.07) is -0.00675. The smallest absolute Gasteiger partial charge is 0.270 e. The Hall–Kier alpha value is -2.29. The van der Waals surface area contributed by atoms with E-state index in [9.17, 15) is 9.59 Å². The fourth-order valence-corrected chi connectivity index (χ4v) is 4.96. The van der Waals surface area contributed by atoms with Gasteiger partial charge in [0.05, 0.1) is 10.9 Å². The summed E-state index contributed by atoms with van der Waals surface area (Å²) >= 11 is 1.40. The van der Waals surface area contributed by atoms with Crippen molar-refractivity contribution in [1.82, 2.24) is 25.3 Å². The summed E-state index contributed by atoms with van der Waals surface area (Å²) in [5.41, 5.74) is 1.69. The van der Waals surface area contributed by atoms with Gasteiger partial charge in [-0.1, -0.05) is 19.0 Å². The lowest BCUT2D eigenvalue weighted by Gasteiger charge is -2.26. The summed E-state index contributed by atoms with van der Waals surface area (Å²) in [5, 5.41) is 8.79. The van der Waals surface area contributed by atoms with Gasteiger partial charge in [-0.05, 0) is 25.7 Å². The Morgan fingerprint density at radius 2 is 2.26 bits per heavy atom. The Kier molecular flexibility index (Phi) is 4.49. The van der Waals surface area contributed by atoms with Crippen LogP contribution in [0.3, 0.4) is 0 Å². The predicted molar refractivity (Wildman–Crippen MR) is 98.2 cm³/mol. The van der Waals surface area contributed by atoms with Crippen LogP contribution in [-0.4, -0.2) is 51.0 Å². The van der Waals surface area contributed by atoms with E-state index >= 15 is 0 Å². The van der Waals surface area contributed by atoms with Gasteiger partial charge in [-0.15, -0.1) is 11.3 Å². The number of aromatic nitrogens is 3. The van der Waals surface area contributed by atoms with Gasteiger partial charge in [0.1, 0.15) is 5.69 Å². The van der Waals surface area contributed by atoms with Crippen molar-refractivity contribution < 1.29 is 14.1 Å². The molecule has 4 rings (SSSR count). The summed E-state index contributed by atoms with van der Waals surface area (Å²) in [5.74, 6) is 1.28. The maximum absolute atomic E-state index is 12.6. The van der Waals surface area contributed by atoms with E-state index in [1.165, 1.54) is 11.3 Å². The molecule has 0 bridgehead atoms. The van der Waals surface area contributed by atoms with Crippen LogP contribution in [0.5, 0.6) is 0 Å². The molecule has 1 saturated heterocycles. The Bertz CT molecular complexity index is 849. The van der Waals surface area contributed by atoms with Gasteiger partial charge < -0.3 is 14.7 Å². The molecule has 0 aromatic carbocycles. The second kappa shape index (κ2) is 6.70. The molecule has 1 aliphatic heterocycles. The molecule has 8 nitrogen and oxygen atoms in total. The number of rotatable bonds is 4. The number of likely N-dealkylation sites (tertiary alicyclic amines) is 1. The van der Waals surface area contributed by atoms with Gasteiger partial charge in [-0.25, -0.2) is 4.98 Å². The van der Waals surface area contributed by atoms with Crippen LogP contribution in [-0.2, 0) is 10.2 Å². The van der Waals surface area contributed by atoms with E-state index in [1.54, 1.807) is 17.8 Å². The molecule has 3 atom stereocenters. The second-order valence-electron chi connectivity index (χ2n) is 7.86. The molecule has 0 unspecified atom stereocenters. The van der Waals surface area contributed by atoms with Gasteiger partial charge in [-0.3, -0.25) is 9.59 Å². The van der Waals surface area contributed by atoms with E-state index in [0.717, 1.165) is 6.42 Å². The SMILES string of the molecule is Cc1noc([C@]23C[C@H](NC(=O)c4cscn4)C[C@H]2CN(C(=O)C(C)C)C3)n1. The van der Waals surface area contributed by atoms with Crippen molar-refractivity contribution in [1.29, 1.82) is 0 Å². The lowest BCUT2D eigenvalue weighted by Crippen LogP contribution is -2.40.